The van der Waals surface area contributed by atoms with Gasteiger partial charge in [-0.3, -0.25) is 4.79 Å². The monoisotopic (exact) mass is 746 g/mol. The standard InChI is InChI=1S/C35H62N4O13/c1-11-12-22(40)28(43)37-21-15-18(2)25(49-29-20(14-13-19(16-36)48-29)38-31(44)51-33(3,4)5)23(41)26(21)50-30-24(42)27(35(9,46)17-47-30)39(10)32(45)52-34(6,7)8/h13,18,20-27,29-30,40-42,46H,11-12,14-17,36H2,1-10H3,(H,37,43)(H,38,44)/t18-,20+,21+,22-,23-,24+,25+,26-,27+,29+,30+,35-/m0/s1. The van der Waals surface area contributed by atoms with E-state index < -0.39 is 102 Å². The van der Waals surface area contributed by atoms with Crippen molar-refractivity contribution in [1.29, 1.82) is 0 Å². The van der Waals surface area contributed by atoms with Gasteiger partial charge in [-0.05, 0) is 79.7 Å². The van der Waals surface area contributed by atoms with Gasteiger partial charge < -0.3 is 70.1 Å². The summed E-state index contributed by atoms with van der Waals surface area (Å²) in [5.41, 5.74) is 2.49. The molecule has 2 fully saturated rings. The van der Waals surface area contributed by atoms with E-state index in [1.807, 2.05) is 6.92 Å². The third kappa shape index (κ3) is 11.6. The lowest BCUT2D eigenvalue weighted by atomic mass is 9.79. The first-order valence-corrected chi connectivity index (χ1v) is 18.0. The fraction of sp³-hybridized carbons (Fsp3) is 0.857. The number of alkyl carbamates (subject to hydrolysis) is 1. The zero-order valence-corrected chi connectivity index (χ0v) is 32.2. The van der Waals surface area contributed by atoms with Crippen molar-refractivity contribution in [3.63, 3.8) is 0 Å². The molecule has 1 saturated carbocycles. The fourth-order valence-corrected chi connectivity index (χ4v) is 6.61. The topological polar surface area (TPSA) is 241 Å². The van der Waals surface area contributed by atoms with Gasteiger partial charge >= 0.3 is 12.2 Å². The van der Waals surface area contributed by atoms with Gasteiger partial charge in [0.15, 0.2) is 6.29 Å². The average Bonchev–Trinajstić information content (AvgIpc) is 3.00. The summed E-state index contributed by atoms with van der Waals surface area (Å²) in [5, 5.41) is 50.7. The van der Waals surface area contributed by atoms with Gasteiger partial charge in [-0.2, -0.15) is 0 Å². The molecule has 2 heterocycles. The van der Waals surface area contributed by atoms with Crippen molar-refractivity contribution >= 4 is 18.1 Å². The summed E-state index contributed by atoms with van der Waals surface area (Å²) in [7, 11) is 1.37. The lowest BCUT2D eigenvalue weighted by Crippen LogP contribution is -2.69. The predicted octanol–water partition coefficient (Wildman–Crippen LogP) is 0.989. The van der Waals surface area contributed by atoms with E-state index in [1.165, 1.54) is 14.0 Å². The molecule has 0 aromatic carbocycles. The summed E-state index contributed by atoms with van der Waals surface area (Å²) in [4.78, 5) is 39.9. The predicted molar refractivity (Wildman–Crippen MR) is 186 cm³/mol. The molecule has 1 saturated heterocycles. The summed E-state index contributed by atoms with van der Waals surface area (Å²) < 4.78 is 35.3. The number of carbonyl (C=O) groups excluding carboxylic acids is 3. The molecule has 3 aliphatic rings. The number of carbonyl (C=O) groups is 3. The van der Waals surface area contributed by atoms with Crippen LogP contribution in [0.2, 0.25) is 0 Å². The number of hydrogen-bond acceptors (Lipinski definition) is 14. The normalized spacial score (nSPS) is 34.6. The molecular formula is C35H62N4O13. The van der Waals surface area contributed by atoms with Crippen LogP contribution >= 0.6 is 0 Å². The molecule has 17 nitrogen and oxygen atoms in total. The summed E-state index contributed by atoms with van der Waals surface area (Å²) in [6.07, 6.45) is -8.00. The highest BCUT2D eigenvalue weighted by Gasteiger charge is 2.54. The molecule has 3 rings (SSSR count). The Morgan fingerprint density at radius 3 is 2.21 bits per heavy atom. The van der Waals surface area contributed by atoms with Crippen LogP contribution in [0.5, 0.6) is 0 Å². The summed E-state index contributed by atoms with van der Waals surface area (Å²) in [6.45, 7) is 14.9. The molecule has 300 valence electrons. The maximum atomic E-state index is 13.1. The Labute approximate surface area is 306 Å². The Hall–Kier alpha value is -2.77. The van der Waals surface area contributed by atoms with E-state index in [-0.39, 0.29) is 32.4 Å². The summed E-state index contributed by atoms with van der Waals surface area (Å²) >= 11 is 0. The second-order valence-electron chi connectivity index (χ2n) is 16.2. The van der Waals surface area contributed by atoms with E-state index >= 15 is 0 Å². The Bertz CT molecular complexity index is 1250. The van der Waals surface area contributed by atoms with E-state index in [1.54, 1.807) is 54.5 Å². The third-order valence-corrected chi connectivity index (χ3v) is 9.01. The van der Waals surface area contributed by atoms with Crippen molar-refractivity contribution in [2.24, 2.45) is 11.7 Å². The minimum Gasteiger partial charge on any atom is -0.466 e. The van der Waals surface area contributed by atoms with Gasteiger partial charge in [0.1, 0.15) is 47.0 Å². The molecule has 17 heteroatoms. The average molecular weight is 747 g/mol. The first-order valence-electron chi connectivity index (χ1n) is 18.0. The van der Waals surface area contributed by atoms with E-state index in [4.69, 9.17) is 34.2 Å². The van der Waals surface area contributed by atoms with Crippen molar-refractivity contribution in [1.82, 2.24) is 15.5 Å². The molecule has 0 radical (unpaired) electrons. The minimum atomic E-state index is -1.74. The van der Waals surface area contributed by atoms with Crippen molar-refractivity contribution < 1.29 is 63.2 Å². The van der Waals surface area contributed by atoms with Gasteiger partial charge in [-0.1, -0.05) is 20.3 Å². The number of rotatable bonds is 11. The molecule has 0 aromatic rings. The highest BCUT2D eigenvalue weighted by Crippen LogP contribution is 2.36. The van der Waals surface area contributed by atoms with E-state index in [2.05, 4.69) is 10.6 Å². The lowest BCUT2D eigenvalue weighted by molar-refractivity contribution is -0.313. The van der Waals surface area contributed by atoms with Crippen LogP contribution in [0.1, 0.15) is 88.0 Å². The molecular weight excluding hydrogens is 684 g/mol. The largest absolute Gasteiger partial charge is 0.466 e. The molecule has 0 bridgehead atoms. The SMILES string of the molecule is CCC[C@H](O)C(=O)N[C@@H]1C[C@H](C)[C@@H](O[C@H]2OC(CN)=CC[C@H]2NC(=O)OC(C)(C)C)[C@H](O)[C@H]1O[C@H]1OC[C@](C)(O)[C@H](N(C)C(=O)OC(C)(C)C)[C@H]1O. The van der Waals surface area contributed by atoms with Gasteiger partial charge in [-0.25, -0.2) is 9.59 Å². The number of likely N-dealkylation sites (N-methyl/N-ethyl adjacent to an activating group) is 1. The first kappa shape index (κ1) is 43.6. The van der Waals surface area contributed by atoms with E-state index in [0.717, 1.165) is 4.90 Å². The molecule has 3 amide bonds. The molecule has 12 atom stereocenters. The quantitative estimate of drug-likeness (QED) is 0.156. The number of nitrogens with two attached hydrogens (primary N) is 1. The van der Waals surface area contributed by atoms with Gasteiger partial charge in [0.2, 0.25) is 12.2 Å². The fourth-order valence-electron chi connectivity index (χ4n) is 6.61. The second kappa shape index (κ2) is 17.6. The van der Waals surface area contributed by atoms with Crippen LogP contribution in [0.15, 0.2) is 11.8 Å². The molecule has 0 spiro atoms. The van der Waals surface area contributed by atoms with Crippen LogP contribution in [0.4, 0.5) is 9.59 Å². The number of hydrogen-bond donors (Lipinski definition) is 7. The Morgan fingerprint density at radius 1 is 1.02 bits per heavy atom. The molecule has 0 unspecified atom stereocenters. The van der Waals surface area contributed by atoms with Crippen LogP contribution in [0.3, 0.4) is 0 Å². The molecule has 1 aliphatic carbocycles. The molecule has 52 heavy (non-hydrogen) atoms. The number of amides is 3. The van der Waals surface area contributed by atoms with Crippen LogP contribution in [0.25, 0.3) is 0 Å². The minimum absolute atomic E-state index is 0.0569. The number of nitrogens with one attached hydrogen (secondary N) is 2. The van der Waals surface area contributed by atoms with Crippen LogP contribution in [0, 0.1) is 5.92 Å². The Morgan fingerprint density at radius 2 is 1.63 bits per heavy atom. The first-order chi connectivity index (χ1) is 24.0. The summed E-state index contributed by atoms with van der Waals surface area (Å²) in [6, 6.07) is -2.92. The molecule has 8 N–H and O–H groups in total. The highest BCUT2D eigenvalue weighted by molar-refractivity contribution is 5.80. The van der Waals surface area contributed by atoms with E-state index in [9.17, 15) is 34.8 Å². The number of ether oxygens (including phenoxy) is 6. The van der Waals surface area contributed by atoms with Crippen LogP contribution in [-0.2, 0) is 33.2 Å². The summed E-state index contributed by atoms with van der Waals surface area (Å²) in [5.74, 6) is -0.714. The maximum absolute atomic E-state index is 13.1. The van der Waals surface area contributed by atoms with Gasteiger partial charge in [0.25, 0.3) is 0 Å². The lowest BCUT2D eigenvalue weighted by Gasteiger charge is -2.50. The van der Waals surface area contributed by atoms with Crippen molar-refractivity contribution in [2.75, 3.05) is 20.2 Å². The highest BCUT2D eigenvalue weighted by atomic mass is 16.7. The van der Waals surface area contributed by atoms with Crippen molar-refractivity contribution in [2.45, 2.75) is 166 Å². The molecule has 0 aromatic heterocycles. The van der Waals surface area contributed by atoms with Crippen LogP contribution < -0.4 is 16.4 Å². The second-order valence-corrected chi connectivity index (χ2v) is 16.2. The zero-order chi connectivity index (χ0) is 39.3. The smallest absolute Gasteiger partial charge is 0.410 e. The number of nitrogens with zero attached hydrogens (tertiary/aromatic N) is 1. The number of aliphatic hydroxyl groups is 4. The van der Waals surface area contributed by atoms with E-state index in [0.29, 0.717) is 12.2 Å². The number of aliphatic hydroxyl groups excluding tert-OH is 3. The maximum Gasteiger partial charge on any atom is 0.410 e. The Kier molecular flexibility index (Phi) is 14.8. The Balaban J connectivity index is 1.92. The van der Waals surface area contributed by atoms with Crippen molar-refractivity contribution in [3.8, 4) is 0 Å². The van der Waals surface area contributed by atoms with Crippen LogP contribution in [-0.4, -0.2) is 142 Å². The van der Waals surface area contributed by atoms with Gasteiger partial charge in [0, 0.05) is 7.05 Å². The van der Waals surface area contributed by atoms with Gasteiger partial charge in [0.05, 0.1) is 37.4 Å². The molecule has 2 aliphatic heterocycles. The van der Waals surface area contributed by atoms with Gasteiger partial charge in [-0.15, -0.1) is 0 Å². The van der Waals surface area contributed by atoms with Crippen molar-refractivity contribution in [3.05, 3.63) is 11.8 Å². The third-order valence-electron chi connectivity index (χ3n) is 9.01. The zero-order valence-electron chi connectivity index (χ0n) is 32.2.